The Bertz CT molecular complexity index is 346. The van der Waals surface area contributed by atoms with Crippen molar-refractivity contribution in [2.45, 2.75) is 6.17 Å². The van der Waals surface area contributed by atoms with Crippen molar-refractivity contribution in [1.29, 1.82) is 0 Å². The number of halogens is 1. The molecule has 2 rings (SSSR count). The lowest BCUT2D eigenvalue weighted by atomic mass is 10.3. The fraction of sp³-hybridized carbons (Fsp3) is 0.100. The monoisotopic (exact) mass is 236 g/mol. The van der Waals surface area contributed by atoms with E-state index in [0.29, 0.717) is 0 Å². The second-order valence-electron chi connectivity index (χ2n) is 2.75. The highest BCUT2D eigenvalue weighted by Gasteiger charge is 2.05. The minimum absolute atomic E-state index is 0.0821. The smallest absolute Gasteiger partial charge is 0.138 e. The Morgan fingerprint density at radius 2 is 2.15 bits per heavy atom. The van der Waals surface area contributed by atoms with E-state index in [9.17, 15) is 0 Å². The predicted octanol–water partition coefficient (Wildman–Crippen LogP) is 2.83. The Morgan fingerprint density at radius 3 is 2.85 bits per heavy atom. The summed E-state index contributed by atoms with van der Waals surface area (Å²) in [6, 6.07) is 8.01. The van der Waals surface area contributed by atoms with Crippen molar-refractivity contribution in [2.75, 3.05) is 5.32 Å². The first kappa shape index (κ1) is 8.51. The molecule has 1 atom stereocenters. The number of para-hydroxylation sites is 1. The lowest BCUT2D eigenvalue weighted by molar-refractivity contribution is 0.965. The van der Waals surface area contributed by atoms with Crippen LogP contribution in [-0.4, -0.2) is 12.4 Å². The number of hydrogen-bond acceptors (Lipinski definition) is 2. The van der Waals surface area contributed by atoms with Crippen LogP contribution in [-0.2, 0) is 0 Å². The van der Waals surface area contributed by atoms with Crippen LogP contribution in [0.2, 0.25) is 0 Å². The molecule has 0 fully saturated rings. The average molecular weight is 237 g/mol. The number of benzene rings is 1. The first-order valence-corrected chi connectivity index (χ1v) is 4.86. The lowest BCUT2D eigenvalue weighted by Gasteiger charge is -2.10. The summed E-state index contributed by atoms with van der Waals surface area (Å²) in [7, 11) is 0. The maximum Gasteiger partial charge on any atom is 0.138 e. The number of nitrogens with zero attached hydrogens (tertiary/aromatic N) is 1. The molecule has 0 saturated heterocycles. The Morgan fingerprint density at radius 1 is 1.31 bits per heavy atom. The highest BCUT2D eigenvalue weighted by atomic mass is 79.9. The molecule has 3 heteroatoms. The van der Waals surface area contributed by atoms with Gasteiger partial charge in [-0.25, -0.2) is 0 Å². The molecule has 1 unspecified atom stereocenters. The molecule has 66 valence electrons. The number of nitrogens with one attached hydrogen (secondary N) is 1. The second kappa shape index (κ2) is 3.75. The third-order valence-electron chi connectivity index (χ3n) is 1.80. The van der Waals surface area contributed by atoms with Crippen LogP contribution in [0.5, 0.6) is 0 Å². The number of hydrogen-bond donors (Lipinski definition) is 1. The van der Waals surface area contributed by atoms with Crippen LogP contribution >= 0.6 is 15.9 Å². The molecule has 1 aliphatic heterocycles. The van der Waals surface area contributed by atoms with Gasteiger partial charge in [0.15, 0.2) is 0 Å². The molecule has 0 spiro atoms. The van der Waals surface area contributed by atoms with Gasteiger partial charge in [0.05, 0.1) is 5.69 Å². The number of aliphatic imine (C=N–C) groups is 1. The molecule has 2 nitrogen and oxygen atoms in total. The van der Waals surface area contributed by atoms with Gasteiger partial charge in [0.25, 0.3) is 0 Å². The molecule has 0 aliphatic carbocycles. The average Bonchev–Trinajstić information content (AvgIpc) is 2.61. The van der Waals surface area contributed by atoms with Gasteiger partial charge >= 0.3 is 0 Å². The van der Waals surface area contributed by atoms with Crippen molar-refractivity contribution in [3.8, 4) is 0 Å². The molecule has 1 aliphatic rings. The van der Waals surface area contributed by atoms with Crippen LogP contribution in [0, 0.1) is 0 Å². The van der Waals surface area contributed by atoms with Crippen molar-refractivity contribution in [3.05, 3.63) is 40.9 Å². The quantitative estimate of drug-likeness (QED) is 0.840. The minimum atomic E-state index is 0.0821. The van der Waals surface area contributed by atoms with Gasteiger partial charge in [-0.15, -0.1) is 0 Å². The van der Waals surface area contributed by atoms with E-state index in [2.05, 4.69) is 26.2 Å². The molecule has 0 saturated carbocycles. The van der Waals surface area contributed by atoms with Gasteiger partial charge in [-0.3, -0.25) is 4.99 Å². The fourth-order valence-electron chi connectivity index (χ4n) is 1.17. The van der Waals surface area contributed by atoms with E-state index in [4.69, 9.17) is 0 Å². The topological polar surface area (TPSA) is 24.4 Å². The normalized spacial score (nSPS) is 19.3. The Labute approximate surface area is 85.5 Å². The van der Waals surface area contributed by atoms with Gasteiger partial charge in [-0.2, -0.15) is 0 Å². The van der Waals surface area contributed by atoms with Crippen LogP contribution < -0.4 is 5.32 Å². The molecule has 0 radical (unpaired) electrons. The second-order valence-corrected chi connectivity index (χ2v) is 3.61. The Kier molecular flexibility index (Phi) is 2.45. The van der Waals surface area contributed by atoms with Gasteiger partial charge in [0, 0.05) is 10.7 Å². The lowest BCUT2D eigenvalue weighted by Crippen LogP contribution is -2.11. The first-order valence-electron chi connectivity index (χ1n) is 4.07. The molecule has 1 aromatic carbocycles. The van der Waals surface area contributed by atoms with Crippen molar-refractivity contribution in [1.82, 2.24) is 0 Å². The van der Waals surface area contributed by atoms with E-state index in [1.807, 2.05) is 36.4 Å². The van der Waals surface area contributed by atoms with Crippen LogP contribution in [0.15, 0.2) is 45.9 Å². The summed E-state index contributed by atoms with van der Waals surface area (Å²) < 4.78 is 1.06. The molecular weight excluding hydrogens is 228 g/mol. The van der Waals surface area contributed by atoms with E-state index in [1.165, 1.54) is 0 Å². The van der Waals surface area contributed by atoms with Gasteiger partial charge in [-0.05, 0) is 40.2 Å². The maximum atomic E-state index is 4.20. The van der Waals surface area contributed by atoms with Crippen LogP contribution in [0.3, 0.4) is 0 Å². The standard InChI is InChI=1S/C10H9BrN2/c11-8-4-1-2-5-9(8)13-10-6-3-7-12-10/h1-7,10,13H. The fourth-order valence-corrected chi connectivity index (χ4v) is 1.57. The summed E-state index contributed by atoms with van der Waals surface area (Å²) >= 11 is 3.47. The first-order chi connectivity index (χ1) is 6.36. The largest absolute Gasteiger partial charge is 0.360 e. The Balaban J connectivity index is 2.13. The van der Waals surface area contributed by atoms with E-state index < -0.39 is 0 Å². The number of anilines is 1. The zero-order chi connectivity index (χ0) is 9.10. The zero-order valence-corrected chi connectivity index (χ0v) is 8.53. The van der Waals surface area contributed by atoms with Gasteiger partial charge < -0.3 is 5.32 Å². The third-order valence-corrected chi connectivity index (χ3v) is 2.49. The highest BCUT2D eigenvalue weighted by molar-refractivity contribution is 9.10. The highest BCUT2D eigenvalue weighted by Crippen LogP contribution is 2.22. The van der Waals surface area contributed by atoms with Crippen molar-refractivity contribution >= 4 is 27.8 Å². The summed E-state index contributed by atoms with van der Waals surface area (Å²) in [5.41, 5.74) is 1.07. The number of rotatable bonds is 2. The summed E-state index contributed by atoms with van der Waals surface area (Å²) in [6.45, 7) is 0. The minimum Gasteiger partial charge on any atom is -0.360 e. The molecule has 13 heavy (non-hydrogen) atoms. The Hall–Kier alpha value is -1.09. The molecule has 1 aromatic rings. The van der Waals surface area contributed by atoms with Gasteiger partial charge in [-0.1, -0.05) is 12.1 Å². The molecule has 1 heterocycles. The zero-order valence-electron chi connectivity index (χ0n) is 6.94. The number of allylic oxidation sites excluding steroid dienone is 1. The van der Waals surface area contributed by atoms with E-state index >= 15 is 0 Å². The van der Waals surface area contributed by atoms with Crippen LogP contribution in [0.1, 0.15) is 0 Å². The van der Waals surface area contributed by atoms with E-state index in [1.54, 1.807) is 6.21 Å². The van der Waals surface area contributed by atoms with E-state index in [-0.39, 0.29) is 6.17 Å². The maximum absolute atomic E-state index is 4.20. The molecule has 0 bridgehead atoms. The van der Waals surface area contributed by atoms with Crippen LogP contribution in [0.4, 0.5) is 5.69 Å². The van der Waals surface area contributed by atoms with Crippen LogP contribution in [0.25, 0.3) is 0 Å². The summed E-state index contributed by atoms with van der Waals surface area (Å²) in [5, 5.41) is 3.28. The molecule has 0 amide bonds. The van der Waals surface area contributed by atoms with Crippen molar-refractivity contribution in [2.24, 2.45) is 4.99 Å². The van der Waals surface area contributed by atoms with Gasteiger partial charge in [0.2, 0.25) is 0 Å². The van der Waals surface area contributed by atoms with Crippen molar-refractivity contribution < 1.29 is 0 Å². The predicted molar refractivity (Wildman–Crippen MR) is 59.2 cm³/mol. The summed E-state index contributed by atoms with van der Waals surface area (Å²) in [6.07, 6.45) is 5.83. The molecular formula is C10H9BrN2. The van der Waals surface area contributed by atoms with Gasteiger partial charge in [0.1, 0.15) is 6.17 Å². The molecule has 1 N–H and O–H groups in total. The SMILES string of the molecule is Brc1ccccc1NC1C=CC=N1. The summed E-state index contributed by atoms with van der Waals surface area (Å²) in [5.74, 6) is 0. The van der Waals surface area contributed by atoms with E-state index in [0.717, 1.165) is 10.2 Å². The molecule has 0 aromatic heterocycles. The summed E-state index contributed by atoms with van der Waals surface area (Å²) in [4.78, 5) is 4.20. The third kappa shape index (κ3) is 1.98. The van der Waals surface area contributed by atoms with Crippen molar-refractivity contribution in [3.63, 3.8) is 0 Å².